The normalized spacial score (nSPS) is 11.6. The molecule has 0 aromatic rings. The van der Waals surface area contributed by atoms with E-state index >= 15 is 0 Å². The minimum Gasteiger partial charge on any atom is -0.448 e. The fourth-order valence-corrected chi connectivity index (χ4v) is 2.15. The first kappa shape index (κ1) is 23.1. The van der Waals surface area contributed by atoms with Crippen LogP contribution in [0.25, 0.3) is 0 Å². The van der Waals surface area contributed by atoms with Crippen LogP contribution in [-0.4, -0.2) is 68.2 Å². The van der Waals surface area contributed by atoms with E-state index in [2.05, 4.69) is 10.1 Å². The summed E-state index contributed by atoms with van der Waals surface area (Å²) in [6.07, 6.45) is 2.62. The van der Waals surface area contributed by atoms with E-state index in [1.165, 1.54) is 4.90 Å². The van der Waals surface area contributed by atoms with Gasteiger partial charge in [-0.2, -0.15) is 0 Å². The number of carbonyl (C=O) groups is 3. The number of ether oxygens (including phenoxy) is 1. The van der Waals surface area contributed by atoms with Crippen molar-refractivity contribution in [1.82, 2.24) is 10.2 Å². The van der Waals surface area contributed by atoms with Crippen molar-refractivity contribution in [2.45, 2.75) is 38.1 Å². The van der Waals surface area contributed by atoms with Crippen LogP contribution >= 0.6 is 0 Å². The second-order valence-corrected chi connectivity index (χ2v) is 5.66. The van der Waals surface area contributed by atoms with E-state index in [0.29, 0.717) is 32.5 Å². The fourth-order valence-electron chi connectivity index (χ4n) is 2.15. The molecular formula is C15H32N6O4. The van der Waals surface area contributed by atoms with Gasteiger partial charge in [-0.05, 0) is 38.8 Å². The van der Waals surface area contributed by atoms with Gasteiger partial charge in [-0.3, -0.25) is 9.59 Å². The van der Waals surface area contributed by atoms with Crippen LogP contribution in [0.2, 0.25) is 0 Å². The Balaban J connectivity index is 4.45. The number of rotatable bonds is 14. The number of carbonyl (C=O) groups excluding carboxylic acids is 3. The molecule has 0 bridgehead atoms. The molecule has 10 nitrogen and oxygen atoms in total. The van der Waals surface area contributed by atoms with Crippen LogP contribution in [0.5, 0.6) is 0 Å². The summed E-state index contributed by atoms with van der Waals surface area (Å²) < 4.78 is 4.52. The Morgan fingerprint density at radius 2 is 1.68 bits per heavy atom. The van der Waals surface area contributed by atoms with Crippen molar-refractivity contribution < 1.29 is 19.1 Å². The van der Waals surface area contributed by atoms with Gasteiger partial charge in [0.15, 0.2) is 0 Å². The van der Waals surface area contributed by atoms with Gasteiger partial charge in [0.1, 0.15) is 6.61 Å². The predicted octanol–water partition coefficient (Wildman–Crippen LogP) is -1.78. The molecule has 0 aliphatic heterocycles. The van der Waals surface area contributed by atoms with Crippen molar-refractivity contribution in [2.24, 2.45) is 22.9 Å². The van der Waals surface area contributed by atoms with Crippen LogP contribution in [0.1, 0.15) is 32.1 Å². The SMILES string of the molecule is NCCCCC(N)C(=O)N(CCCCN)CC(=O)NCCOC(N)=O. The van der Waals surface area contributed by atoms with Crippen LogP contribution in [-0.2, 0) is 14.3 Å². The molecule has 146 valence electrons. The lowest BCUT2D eigenvalue weighted by Gasteiger charge is -2.25. The molecule has 0 aromatic carbocycles. The largest absolute Gasteiger partial charge is 0.448 e. The molecule has 3 amide bonds. The first-order chi connectivity index (χ1) is 11.9. The molecule has 0 spiro atoms. The number of nitrogens with zero attached hydrogens (tertiary/aromatic N) is 1. The van der Waals surface area contributed by atoms with Crippen molar-refractivity contribution in [3.05, 3.63) is 0 Å². The summed E-state index contributed by atoms with van der Waals surface area (Å²) in [4.78, 5) is 36.3. The molecule has 0 aromatic heterocycles. The van der Waals surface area contributed by atoms with Gasteiger partial charge in [-0.1, -0.05) is 6.42 Å². The standard InChI is InChI=1S/C15H32N6O4/c16-6-2-1-5-12(18)14(23)21(9-4-3-7-17)11-13(22)20-8-10-25-15(19)24/h12H,1-11,16-18H2,(H2,19,24)(H,20,22). The topological polar surface area (TPSA) is 180 Å². The summed E-state index contributed by atoms with van der Waals surface area (Å²) >= 11 is 0. The second-order valence-electron chi connectivity index (χ2n) is 5.66. The van der Waals surface area contributed by atoms with E-state index in [9.17, 15) is 14.4 Å². The molecule has 0 radical (unpaired) electrons. The quantitative estimate of drug-likeness (QED) is 0.227. The molecule has 1 unspecified atom stereocenters. The van der Waals surface area contributed by atoms with Gasteiger partial charge in [0.05, 0.1) is 19.1 Å². The second kappa shape index (κ2) is 14.4. The molecule has 25 heavy (non-hydrogen) atoms. The molecule has 0 aliphatic rings. The lowest BCUT2D eigenvalue weighted by atomic mass is 10.1. The summed E-state index contributed by atoms with van der Waals surface area (Å²) in [6.45, 7) is 1.46. The molecule has 0 saturated carbocycles. The van der Waals surface area contributed by atoms with Crippen LogP contribution in [0.4, 0.5) is 4.79 Å². The minimum absolute atomic E-state index is 0.0270. The first-order valence-electron chi connectivity index (χ1n) is 8.55. The Labute approximate surface area is 148 Å². The summed E-state index contributed by atoms with van der Waals surface area (Å²) in [5.41, 5.74) is 21.7. The third-order valence-electron chi connectivity index (χ3n) is 3.48. The number of primary amides is 1. The van der Waals surface area contributed by atoms with Crippen LogP contribution in [0.3, 0.4) is 0 Å². The Morgan fingerprint density at radius 3 is 2.28 bits per heavy atom. The van der Waals surface area contributed by atoms with Crippen molar-refractivity contribution in [3.8, 4) is 0 Å². The van der Waals surface area contributed by atoms with E-state index in [1.807, 2.05) is 0 Å². The van der Waals surface area contributed by atoms with Gasteiger partial charge in [0, 0.05) is 6.54 Å². The van der Waals surface area contributed by atoms with Gasteiger partial charge in [0.2, 0.25) is 11.8 Å². The lowest BCUT2D eigenvalue weighted by molar-refractivity contribution is -0.137. The summed E-state index contributed by atoms with van der Waals surface area (Å²) in [6, 6.07) is -0.657. The Bertz CT molecular complexity index is 407. The van der Waals surface area contributed by atoms with E-state index in [4.69, 9.17) is 22.9 Å². The van der Waals surface area contributed by atoms with Crippen molar-refractivity contribution >= 4 is 17.9 Å². The zero-order valence-electron chi connectivity index (χ0n) is 14.7. The van der Waals surface area contributed by atoms with E-state index in [1.54, 1.807) is 0 Å². The summed E-state index contributed by atoms with van der Waals surface area (Å²) in [5.74, 6) is -0.624. The number of hydrogen-bond acceptors (Lipinski definition) is 7. The molecule has 0 fully saturated rings. The molecule has 10 heteroatoms. The zero-order valence-corrected chi connectivity index (χ0v) is 14.7. The van der Waals surface area contributed by atoms with Crippen LogP contribution in [0, 0.1) is 0 Å². The zero-order chi connectivity index (χ0) is 19.1. The lowest BCUT2D eigenvalue weighted by Crippen LogP contribution is -2.48. The van der Waals surface area contributed by atoms with Gasteiger partial charge in [0.25, 0.3) is 0 Å². The highest BCUT2D eigenvalue weighted by atomic mass is 16.5. The number of nitrogens with two attached hydrogens (primary N) is 4. The highest BCUT2D eigenvalue weighted by Crippen LogP contribution is 2.04. The highest BCUT2D eigenvalue weighted by Gasteiger charge is 2.22. The van der Waals surface area contributed by atoms with Gasteiger partial charge in [-0.25, -0.2) is 4.79 Å². The average molecular weight is 360 g/mol. The number of hydrogen-bond donors (Lipinski definition) is 5. The van der Waals surface area contributed by atoms with Crippen molar-refractivity contribution in [1.29, 1.82) is 0 Å². The van der Waals surface area contributed by atoms with Crippen LogP contribution in [0.15, 0.2) is 0 Å². The molecule has 0 rings (SSSR count). The van der Waals surface area contributed by atoms with Gasteiger partial charge in [-0.15, -0.1) is 0 Å². The number of unbranched alkanes of at least 4 members (excludes halogenated alkanes) is 2. The number of nitrogens with one attached hydrogen (secondary N) is 1. The number of amides is 3. The average Bonchev–Trinajstić information content (AvgIpc) is 2.57. The molecule has 1 atom stereocenters. The highest BCUT2D eigenvalue weighted by molar-refractivity contribution is 5.87. The van der Waals surface area contributed by atoms with Crippen LogP contribution < -0.4 is 28.3 Å². The summed E-state index contributed by atoms with van der Waals surface area (Å²) in [5, 5.41) is 2.56. The van der Waals surface area contributed by atoms with Gasteiger partial charge < -0.3 is 37.9 Å². The Kier molecular flexibility index (Phi) is 13.3. The maximum atomic E-state index is 12.5. The predicted molar refractivity (Wildman–Crippen MR) is 94.3 cm³/mol. The summed E-state index contributed by atoms with van der Waals surface area (Å²) in [7, 11) is 0. The molecule has 0 saturated heterocycles. The fraction of sp³-hybridized carbons (Fsp3) is 0.800. The Hall–Kier alpha value is -1.91. The minimum atomic E-state index is -0.906. The molecule has 0 aliphatic carbocycles. The van der Waals surface area contributed by atoms with E-state index < -0.39 is 12.1 Å². The van der Waals surface area contributed by atoms with Crippen molar-refractivity contribution in [3.63, 3.8) is 0 Å². The van der Waals surface area contributed by atoms with E-state index in [0.717, 1.165) is 19.3 Å². The Morgan fingerprint density at radius 1 is 1.04 bits per heavy atom. The maximum absolute atomic E-state index is 12.5. The molecule has 9 N–H and O–H groups in total. The third kappa shape index (κ3) is 12.1. The van der Waals surface area contributed by atoms with Gasteiger partial charge >= 0.3 is 6.09 Å². The first-order valence-corrected chi connectivity index (χ1v) is 8.55. The van der Waals surface area contributed by atoms with Crippen molar-refractivity contribution in [2.75, 3.05) is 39.3 Å². The smallest absolute Gasteiger partial charge is 0.404 e. The van der Waals surface area contributed by atoms with E-state index in [-0.39, 0.29) is 31.5 Å². The third-order valence-corrected chi connectivity index (χ3v) is 3.48. The molecule has 0 heterocycles. The monoisotopic (exact) mass is 360 g/mol. The molecular weight excluding hydrogens is 328 g/mol. The maximum Gasteiger partial charge on any atom is 0.404 e.